The Morgan fingerprint density at radius 3 is 2.28 bits per heavy atom. The van der Waals surface area contributed by atoms with Crippen LogP contribution in [0, 0.1) is 25.5 Å². The number of fused-ring (bicyclic) bond motifs is 1. The molecule has 7 heteroatoms. The van der Waals surface area contributed by atoms with Crippen LogP contribution in [-0.2, 0) is 6.42 Å². The van der Waals surface area contributed by atoms with E-state index in [-0.39, 0.29) is 29.7 Å². The standard InChI is InChI=1S/C25H20F2N2O3/c1-14-3-4-15(2)22(9-14)29-24(31)20-6-5-17(12-21(20)25(29)32)23(30)28-8-7-16-10-18(26)13-19(27)11-16/h3-6,9-13H,7-8H2,1-2H3,(H,28,30). The predicted octanol–water partition coefficient (Wildman–Crippen LogP) is 4.35. The van der Waals surface area contributed by atoms with E-state index in [0.717, 1.165) is 22.1 Å². The van der Waals surface area contributed by atoms with Gasteiger partial charge in [0.25, 0.3) is 17.7 Å². The van der Waals surface area contributed by atoms with Crippen molar-refractivity contribution < 1.29 is 23.2 Å². The second-order valence-electron chi connectivity index (χ2n) is 7.78. The summed E-state index contributed by atoms with van der Waals surface area (Å²) < 4.78 is 26.6. The summed E-state index contributed by atoms with van der Waals surface area (Å²) in [5.41, 5.74) is 3.26. The molecule has 32 heavy (non-hydrogen) atoms. The van der Waals surface area contributed by atoms with Gasteiger partial charge in [0.15, 0.2) is 0 Å². The Hall–Kier alpha value is -3.87. The number of hydrogen-bond donors (Lipinski definition) is 1. The van der Waals surface area contributed by atoms with E-state index in [9.17, 15) is 23.2 Å². The summed E-state index contributed by atoms with van der Waals surface area (Å²) in [5, 5.41) is 2.67. The van der Waals surface area contributed by atoms with Crippen molar-refractivity contribution in [3.05, 3.63) is 99.6 Å². The van der Waals surface area contributed by atoms with Crippen LogP contribution < -0.4 is 10.2 Å². The number of amides is 3. The zero-order valence-electron chi connectivity index (χ0n) is 17.5. The highest BCUT2D eigenvalue weighted by Crippen LogP contribution is 2.31. The molecule has 0 aliphatic carbocycles. The molecule has 0 fully saturated rings. The van der Waals surface area contributed by atoms with Crippen molar-refractivity contribution in [1.82, 2.24) is 5.32 Å². The fraction of sp³-hybridized carbons (Fsp3) is 0.160. The van der Waals surface area contributed by atoms with Gasteiger partial charge in [-0.1, -0.05) is 12.1 Å². The predicted molar refractivity (Wildman–Crippen MR) is 116 cm³/mol. The van der Waals surface area contributed by atoms with E-state index in [4.69, 9.17) is 0 Å². The molecule has 1 N–H and O–H groups in total. The maximum Gasteiger partial charge on any atom is 0.266 e. The van der Waals surface area contributed by atoms with E-state index in [0.29, 0.717) is 11.3 Å². The van der Waals surface area contributed by atoms with E-state index in [1.807, 2.05) is 26.0 Å². The zero-order chi connectivity index (χ0) is 23.0. The lowest BCUT2D eigenvalue weighted by Gasteiger charge is -2.17. The first-order chi connectivity index (χ1) is 15.2. The van der Waals surface area contributed by atoms with Crippen LogP contribution >= 0.6 is 0 Å². The summed E-state index contributed by atoms with van der Waals surface area (Å²) in [5.74, 6) is -2.72. The molecule has 3 aromatic carbocycles. The molecule has 1 heterocycles. The molecule has 4 rings (SSSR count). The molecule has 0 spiro atoms. The molecule has 3 amide bonds. The summed E-state index contributed by atoms with van der Waals surface area (Å²) in [6, 6.07) is 13.1. The Morgan fingerprint density at radius 1 is 0.875 bits per heavy atom. The quantitative estimate of drug-likeness (QED) is 0.607. The number of benzene rings is 3. The summed E-state index contributed by atoms with van der Waals surface area (Å²) in [6.45, 7) is 3.85. The van der Waals surface area contributed by atoms with Gasteiger partial charge < -0.3 is 5.32 Å². The molecule has 0 saturated carbocycles. The third kappa shape index (κ3) is 4.01. The molecule has 3 aromatic rings. The fourth-order valence-electron chi connectivity index (χ4n) is 3.74. The van der Waals surface area contributed by atoms with Gasteiger partial charge in [0.2, 0.25) is 0 Å². The lowest BCUT2D eigenvalue weighted by Crippen LogP contribution is -2.30. The summed E-state index contributed by atoms with van der Waals surface area (Å²) >= 11 is 0. The number of aryl methyl sites for hydroxylation is 2. The topological polar surface area (TPSA) is 66.5 Å². The number of carbonyl (C=O) groups excluding carboxylic acids is 3. The van der Waals surface area contributed by atoms with Crippen LogP contribution in [-0.4, -0.2) is 24.3 Å². The van der Waals surface area contributed by atoms with E-state index in [1.54, 1.807) is 6.07 Å². The summed E-state index contributed by atoms with van der Waals surface area (Å²) in [7, 11) is 0. The van der Waals surface area contributed by atoms with Crippen molar-refractivity contribution in [3.8, 4) is 0 Å². The van der Waals surface area contributed by atoms with E-state index in [2.05, 4.69) is 5.32 Å². The number of nitrogens with one attached hydrogen (secondary N) is 1. The molecule has 0 aromatic heterocycles. The van der Waals surface area contributed by atoms with Gasteiger partial charge in [-0.3, -0.25) is 14.4 Å². The van der Waals surface area contributed by atoms with Gasteiger partial charge in [-0.2, -0.15) is 0 Å². The molecule has 1 aliphatic heterocycles. The Bertz CT molecular complexity index is 1250. The highest BCUT2D eigenvalue weighted by Gasteiger charge is 2.37. The zero-order valence-corrected chi connectivity index (χ0v) is 17.5. The first-order valence-corrected chi connectivity index (χ1v) is 10.1. The average Bonchev–Trinajstić information content (AvgIpc) is 2.99. The highest BCUT2D eigenvalue weighted by atomic mass is 19.1. The molecular weight excluding hydrogens is 414 g/mol. The first kappa shape index (κ1) is 21.4. The third-order valence-corrected chi connectivity index (χ3v) is 5.38. The molecule has 1 aliphatic rings. The van der Waals surface area contributed by atoms with Gasteiger partial charge in [-0.15, -0.1) is 0 Å². The molecule has 0 atom stereocenters. The lowest BCUT2D eigenvalue weighted by atomic mass is 10.1. The number of hydrogen-bond acceptors (Lipinski definition) is 3. The number of imide groups is 1. The first-order valence-electron chi connectivity index (χ1n) is 10.1. The largest absolute Gasteiger partial charge is 0.352 e. The Morgan fingerprint density at radius 2 is 1.56 bits per heavy atom. The van der Waals surface area contributed by atoms with Crippen LogP contribution in [0.1, 0.15) is 47.8 Å². The van der Waals surface area contributed by atoms with E-state index < -0.39 is 29.4 Å². The van der Waals surface area contributed by atoms with Gasteiger partial charge in [-0.25, -0.2) is 13.7 Å². The number of rotatable bonds is 5. The van der Waals surface area contributed by atoms with Gasteiger partial charge in [0, 0.05) is 18.2 Å². The maximum absolute atomic E-state index is 13.3. The van der Waals surface area contributed by atoms with Crippen LogP contribution in [0.15, 0.2) is 54.6 Å². The second-order valence-corrected chi connectivity index (χ2v) is 7.78. The summed E-state index contributed by atoms with van der Waals surface area (Å²) in [4.78, 5) is 39.6. The molecule has 0 unspecified atom stereocenters. The minimum Gasteiger partial charge on any atom is -0.352 e. The lowest BCUT2D eigenvalue weighted by molar-refractivity contribution is 0.0923. The molecule has 0 radical (unpaired) electrons. The average molecular weight is 434 g/mol. The van der Waals surface area contributed by atoms with Crippen LogP contribution in [0.5, 0.6) is 0 Å². The maximum atomic E-state index is 13.3. The normalized spacial score (nSPS) is 12.8. The van der Waals surface area contributed by atoms with Crippen molar-refractivity contribution in [2.45, 2.75) is 20.3 Å². The van der Waals surface area contributed by atoms with E-state index >= 15 is 0 Å². The molecule has 0 saturated heterocycles. The minimum atomic E-state index is -0.679. The Balaban J connectivity index is 1.50. The van der Waals surface area contributed by atoms with Gasteiger partial charge in [0.05, 0.1) is 16.8 Å². The number of halogens is 2. The van der Waals surface area contributed by atoms with Crippen LogP contribution in [0.4, 0.5) is 14.5 Å². The number of anilines is 1. The van der Waals surface area contributed by atoms with Gasteiger partial charge in [0.1, 0.15) is 11.6 Å². The van der Waals surface area contributed by atoms with Crippen molar-refractivity contribution in [2.24, 2.45) is 0 Å². The smallest absolute Gasteiger partial charge is 0.266 e. The summed E-state index contributed by atoms with van der Waals surface area (Å²) in [6.07, 6.45) is 0.239. The minimum absolute atomic E-state index is 0.153. The molecular formula is C25H20F2N2O3. The van der Waals surface area contributed by atoms with Crippen LogP contribution in [0.25, 0.3) is 0 Å². The second kappa shape index (κ2) is 8.34. The van der Waals surface area contributed by atoms with Crippen molar-refractivity contribution >= 4 is 23.4 Å². The van der Waals surface area contributed by atoms with E-state index in [1.165, 1.54) is 30.3 Å². The monoisotopic (exact) mass is 434 g/mol. The third-order valence-electron chi connectivity index (χ3n) is 5.38. The van der Waals surface area contributed by atoms with Crippen molar-refractivity contribution in [2.75, 3.05) is 11.4 Å². The van der Waals surface area contributed by atoms with Gasteiger partial charge >= 0.3 is 0 Å². The molecule has 5 nitrogen and oxygen atoms in total. The fourth-order valence-corrected chi connectivity index (χ4v) is 3.74. The molecule has 162 valence electrons. The van der Waals surface area contributed by atoms with Crippen molar-refractivity contribution in [1.29, 1.82) is 0 Å². The van der Waals surface area contributed by atoms with Gasteiger partial charge in [-0.05, 0) is 73.4 Å². The Labute approximate surface area is 183 Å². The number of carbonyl (C=O) groups is 3. The van der Waals surface area contributed by atoms with Crippen LogP contribution in [0.2, 0.25) is 0 Å². The molecule has 0 bridgehead atoms. The van der Waals surface area contributed by atoms with Crippen molar-refractivity contribution in [3.63, 3.8) is 0 Å². The highest BCUT2D eigenvalue weighted by molar-refractivity contribution is 6.35. The SMILES string of the molecule is Cc1ccc(C)c(N2C(=O)c3ccc(C(=O)NCCc4cc(F)cc(F)c4)cc3C2=O)c1. The number of nitrogens with zero attached hydrogens (tertiary/aromatic N) is 1. The Kier molecular flexibility index (Phi) is 5.57. The van der Waals surface area contributed by atoms with Crippen LogP contribution in [0.3, 0.4) is 0 Å².